The van der Waals surface area contributed by atoms with Crippen molar-refractivity contribution in [3.8, 4) is 17.2 Å². The third-order valence-electron chi connectivity index (χ3n) is 3.92. The van der Waals surface area contributed by atoms with E-state index in [1.807, 2.05) is 6.92 Å². The van der Waals surface area contributed by atoms with E-state index < -0.39 is 9.84 Å². The number of methoxy groups -OCH3 is 3. The number of carbonyl (C=O) groups is 1. The van der Waals surface area contributed by atoms with Crippen LogP contribution in [0.2, 0.25) is 0 Å². The summed E-state index contributed by atoms with van der Waals surface area (Å²) in [6.45, 7) is 1.90. The van der Waals surface area contributed by atoms with Crippen molar-refractivity contribution in [3.63, 3.8) is 0 Å². The Bertz CT molecular complexity index is 874. The van der Waals surface area contributed by atoms with Crippen LogP contribution in [0.1, 0.15) is 18.9 Å². The molecule has 0 spiro atoms. The molecule has 26 heavy (non-hydrogen) atoms. The van der Waals surface area contributed by atoms with Gasteiger partial charge in [0.15, 0.2) is 26.2 Å². The molecule has 8 nitrogen and oxygen atoms in total. The molecule has 0 radical (unpaired) electrons. The first kappa shape index (κ1) is 19.8. The van der Waals surface area contributed by atoms with Gasteiger partial charge < -0.3 is 14.2 Å². The minimum Gasteiger partial charge on any atom is -0.495 e. The van der Waals surface area contributed by atoms with Gasteiger partial charge >= 0.3 is 0 Å². The number of nitrogens with zero attached hydrogens (tertiary/aromatic N) is 1. The molecule has 9 heteroatoms. The van der Waals surface area contributed by atoms with Crippen LogP contribution in [-0.4, -0.2) is 47.6 Å². The van der Waals surface area contributed by atoms with Crippen molar-refractivity contribution in [1.29, 1.82) is 0 Å². The molecule has 0 aromatic heterocycles. The molecular weight excluding hydrogens is 360 g/mol. The predicted molar refractivity (Wildman–Crippen MR) is 97.6 cm³/mol. The van der Waals surface area contributed by atoms with Gasteiger partial charge in [-0.25, -0.2) is 13.8 Å². The first-order chi connectivity index (χ1) is 12.2. The average molecular weight is 382 g/mol. The van der Waals surface area contributed by atoms with Crippen LogP contribution < -0.4 is 19.6 Å². The molecule has 1 aliphatic rings. The molecule has 0 aliphatic carbocycles. The van der Waals surface area contributed by atoms with Gasteiger partial charge in [-0.2, -0.15) is 5.10 Å². The maximum absolute atomic E-state index is 12.2. The second kappa shape index (κ2) is 7.77. The van der Waals surface area contributed by atoms with Crippen LogP contribution in [0.15, 0.2) is 22.1 Å². The quantitative estimate of drug-likeness (QED) is 0.802. The normalized spacial score (nSPS) is 17.7. The lowest BCUT2D eigenvalue weighted by Gasteiger charge is -2.18. The van der Waals surface area contributed by atoms with Crippen LogP contribution in [-0.2, 0) is 14.6 Å². The molecule has 142 valence electrons. The fourth-order valence-corrected chi connectivity index (χ4v) is 3.70. The summed E-state index contributed by atoms with van der Waals surface area (Å²) < 4.78 is 40.2. The van der Waals surface area contributed by atoms with Crippen LogP contribution in [0, 0.1) is 5.92 Å². The molecule has 0 saturated carbocycles. The Morgan fingerprint density at radius 2 is 1.81 bits per heavy atom. The first-order valence-electron chi connectivity index (χ1n) is 7.80. The molecular formula is C17H22N2O6S. The van der Waals surface area contributed by atoms with Crippen LogP contribution in [0.3, 0.4) is 0 Å². The number of ether oxygens (including phenoxy) is 3. The zero-order chi connectivity index (χ0) is 19.5. The Morgan fingerprint density at radius 1 is 1.15 bits per heavy atom. The summed E-state index contributed by atoms with van der Waals surface area (Å²) in [5.41, 5.74) is 3.69. The van der Waals surface area contributed by atoms with Crippen molar-refractivity contribution in [1.82, 2.24) is 5.43 Å². The number of allylic oxidation sites excluding steroid dienone is 1. The molecule has 2 rings (SSSR count). The molecule has 0 fully saturated rings. The molecule has 1 heterocycles. The summed E-state index contributed by atoms with van der Waals surface area (Å²) in [6, 6.07) is 1.56. The zero-order valence-electron chi connectivity index (χ0n) is 15.3. The van der Waals surface area contributed by atoms with Gasteiger partial charge in [0.1, 0.15) is 5.75 Å². The van der Waals surface area contributed by atoms with Crippen molar-refractivity contribution in [2.24, 2.45) is 11.0 Å². The minimum absolute atomic E-state index is 0.0370. The van der Waals surface area contributed by atoms with Crippen molar-refractivity contribution in [3.05, 3.63) is 17.7 Å². The summed E-state index contributed by atoms with van der Waals surface area (Å²) in [5, 5.41) is 4.04. The third kappa shape index (κ3) is 3.98. The van der Waals surface area contributed by atoms with E-state index >= 15 is 0 Å². The number of nitrogens with one attached hydrogen (secondary N) is 1. The number of rotatable bonds is 6. The largest absolute Gasteiger partial charge is 0.495 e. The number of hydrogen-bond donors (Lipinski definition) is 1. The predicted octanol–water partition coefficient (Wildman–Crippen LogP) is 1.64. The molecule has 1 N–H and O–H groups in total. The van der Waals surface area contributed by atoms with Gasteiger partial charge in [0, 0.05) is 24.2 Å². The molecule has 1 unspecified atom stereocenters. The lowest BCUT2D eigenvalue weighted by Crippen LogP contribution is -2.30. The molecule has 1 aromatic rings. The number of sulfone groups is 1. The topological polar surface area (TPSA) is 103 Å². The summed E-state index contributed by atoms with van der Waals surface area (Å²) in [6.07, 6.45) is 4.87. The van der Waals surface area contributed by atoms with Gasteiger partial charge in [-0.15, -0.1) is 0 Å². The standard InChI is InChI=1S/C17H22N2O6S/c1-10-8-14(20)19-18-12(10)7-6-11-9-13(23-2)17(26(5,21)22)16(25-4)15(11)24-3/h6-7,9-10H,8H2,1-5H3,(H,19,20). The van der Waals surface area contributed by atoms with Crippen LogP contribution in [0.25, 0.3) is 6.08 Å². The lowest BCUT2D eigenvalue weighted by molar-refractivity contribution is -0.121. The Hall–Kier alpha value is -2.55. The van der Waals surface area contributed by atoms with E-state index in [4.69, 9.17) is 14.2 Å². The van der Waals surface area contributed by atoms with E-state index in [0.29, 0.717) is 17.7 Å². The van der Waals surface area contributed by atoms with Crippen molar-refractivity contribution >= 4 is 27.5 Å². The molecule has 1 aliphatic heterocycles. The van der Waals surface area contributed by atoms with Crippen LogP contribution in [0.5, 0.6) is 17.2 Å². The van der Waals surface area contributed by atoms with Gasteiger partial charge in [0.05, 0.1) is 27.0 Å². The van der Waals surface area contributed by atoms with Gasteiger partial charge in [0.2, 0.25) is 5.91 Å². The lowest BCUT2D eigenvalue weighted by atomic mass is 9.99. The Kier molecular flexibility index (Phi) is 5.91. The van der Waals surface area contributed by atoms with E-state index in [-0.39, 0.29) is 34.0 Å². The highest BCUT2D eigenvalue weighted by Crippen LogP contribution is 2.44. The Morgan fingerprint density at radius 3 is 2.31 bits per heavy atom. The molecule has 0 bridgehead atoms. The summed E-state index contributed by atoms with van der Waals surface area (Å²) in [4.78, 5) is 11.3. The van der Waals surface area contributed by atoms with Gasteiger partial charge in [0.25, 0.3) is 0 Å². The van der Waals surface area contributed by atoms with Crippen molar-refractivity contribution < 1.29 is 27.4 Å². The van der Waals surface area contributed by atoms with Crippen LogP contribution >= 0.6 is 0 Å². The maximum atomic E-state index is 12.2. The number of amides is 1. The number of hydrogen-bond acceptors (Lipinski definition) is 7. The highest BCUT2D eigenvalue weighted by atomic mass is 32.2. The molecule has 0 saturated heterocycles. The smallest absolute Gasteiger partial charge is 0.240 e. The summed E-state index contributed by atoms with van der Waals surface area (Å²) >= 11 is 0. The highest BCUT2D eigenvalue weighted by molar-refractivity contribution is 7.91. The monoisotopic (exact) mass is 382 g/mol. The Labute approximate surface area is 152 Å². The Balaban J connectivity index is 2.59. The second-order valence-electron chi connectivity index (χ2n) is 5.85. The summed E-state index contributed by atoms with van der Waals surface area (Å²) in [7, 11) is 0.557. The number of carbonyl (C=O) groups excluding carboxylic acids is 1. The van der Waals surface area contributed by atoms with Crippen LogP contribution in [0.4, 0.5) is 0 Å². The highest BCUT2D eigenvalue weighted by Gasteiger charge is 2.27. The third-order valence-corrected chi connectivity index (χ3v) is 5.05. The van der Waals surface area contributed by atoms with Gasteiger partial charge in [-0.3, -0.25) is 4.79 Å². The first-order valence-corrected chi connectivity index (χ1v) is 9.69. The molecule has 1 amide bonds. The van der Waals surface area contributed by atoms with E-state index in [1.165, 1.54) is 21.3 Å². The SMILES string of the molecule is COc1cc(C=CC2=NNC(=O)CC2C)c(OC)c(OC)c1S(C)(=O)=O. The fraction of sp³-hybridized carbons (Fsp3) is 0.412. The van der Waals surface area contributed by atoms with Crippen molar-refractivity contribution in [2.45, 2.75) is 18.2 Å². The zero-order valence-corrected chi connectivity index (χ0v) is 16.1. The summed E-state index contributed by atoms with van der Waals surface area (Å²) in [5.74, 6) is 0.314. The number of benzene rings is 1. The molecule has 1 atom stereocenters. The fourth-order valence-electron chi connectivity index (χ4n) is 2.68. The second-order valence-corrected chi connectivity index (χ2v) is 7.80. The van der Waals surface area contributed by atoms with E-state index in [1.54, 1.807) is 18.2 Å². The average Bonchev–Trinajstić information content (AvgIpc) is 2.58. The van der Waals surface area contributed by atoms with E-state index in [0.717, 1.165) is 6.26 Å². The van der Waals surface area contributed by atoms with Gasteiger partial charge in [-0.05, 0) is 18.2 Å². The number of hydrazone groups is 1. The van der Waals surface area contributed by atoms with E-state index in [9.17, 15) is 13.2 Å². The maximum Gasteiger partial charge on any atom is 0.240 e. The van der Waals surface area contributed by atoms with Gasteiger partial charge in [-0.1, -0.05) is 6.92 Å². The van der Waals surface area contributed by atoms with E-state index in [2.05, 4.69) is 10.5 Å². The van der Waals surface area contributed by atoms with Crippen molar-refractivity contribution in [2.75, 3.05) is 27.6 Å². The minimum atomic E-state index is -3.61. The molecule has 1 aromatic carbocycles.